The van der Waals surface area contributed by atoms with E-state index >= 15 is 0 Å². The molecule has 1 saturated heterocycles. The molecule has 1 fully saturated rings. The molecule has 0 spiro atoms. The molecule has 1 aliphatic heterocycles. The summed E-state index contributed by atoms with van der Waals surface area (Å²) in [6.45, 7) is 0.862. The SMILES string of the molecule is N#CNCC1CS1. The van der Waals surface area contributed by atoms with Crippen LogP contribution in [0.25, 0.3) is 0 Å². The van der Waals surface area contributed by atoms with E-state index in [1.54, 1.807) is 0 Å². The van der Waals surface area contributed by atoms with Crippen molar-refractivity contribution in [3.63, 3.8) is 0 Å². The Kier molecular flexibility index (Phi) is 1.42. The fourth-order valence-corrected chi connectivity index (χ4v) is 0.800. The van der Waals surface area contributed by atoms with Gasteiger partial charge in [-0.2, -0.15) is 17.0 Å². The largest absolute Gasteiger partial charge is 0.323 e. The van der Waals surface area contributed by atoms with Crippen LogP contribution in [-0.2, 0) is 0 Å². The molecular formula is C4H6N2S. The molecular weight excluding hydrogens is 108 g/mol. The summed E-state index contributed by atoms with van der Waals surface area (Å²) in [6, 6.07) is 0. The number of nitrogens with one attached hydrogen (secondary N) is 1. The van der Waals surface area contributed by atoms with Crippen LogP contribution in [-0.4, -0.2) is 17.5 Å². The lowest BCUT2D eigenvalue weighted by Gasteiger charge is -1.85. The Morgan fingerprint density at radius 1 is 2.00 bits per heavy atom. The van der Waals surface area contributed by atoms with Crippen LogP contribution in [0, 0.1) is 11.5 Å². The van der Waals surface area contributed by atoms with Crippen LogP contribution in [0.5, 0.6) is 0 Å². The normalized spacial score (nSPS) is 25.9. The van der Waals surface area contributed by atoms with Crippen LogP contribution < -0.4 is 5.32 Å². The molecule has 1 atom stereocenters. The van der Waals surface area contributed by atoms with Crippen molar-refractivity contribution in [2.24, 2.45) is 0 Å². The van der Waals surface area contributed by atoms with Gasteiger partial charge in [0.2, 0.25) is 0 Å². The van der Waals surface area contributed by atoms with E-state index in [2.05, 4.69) is 5.32 Å². The Morgan fingerprint density at radius 2 is 2.71 bits per heavy atom. The van der Waals surface area contributed by atoms with Gasteiger partial charge in [-0.15, -0.1) is 0 Å². The average molecular weight is 114 g/mol. The fourth-order valence-electron chi connectivity index (χ4n) is 0.345. The molecule has 1 aliphatic rings. The van der Waals surface area contributed by atoms with Gasteiger partial charge in [-0.05, 0) is 0 Å². The van der Waals surface area contributed by atoms with Crippen LogP contribution in [0.15, 0.2) is 0 Å². The first-order valence-corrected chi connectivity index (χ1v) is 3.22. The number of hydrogen-bond donors (Lipinski definition) is 1. The first-order valence-electron chi connectivity index (χ1n) is 2.17. The Balaban J connectivity index is 1.91. The molecule has 7 heavy (non-hydrogen) atoms. The van der Waals surface area contributed by atoms with Gasteiger partial charge in [-0.25, -0.2) is 0 Å². The van der Waals surface area contributed by atoms with Crippen molar-refractivity contribution in [1.82, 2.24) is 5.32 Å². The van der Waals surface area contributed by atoms with Crippen molar-refractivity contribution >= 4 is 11.8 Å². The lowest BCUT2D eigenvalue weighted by Crippen LogP contribution is -2.11. The molecule has 1 rings (SSSR count). The molecule has 0 amide bonds. The van der Waals surface area contributed by atoms with E-state index in [0.717, 1.165) is 11.8 Å². The van der Waals surface area contributed by atoms with Crippen molar-refractivity contribution < 1.29 is 0 Å². The second-order valence-corrected chi connectivity index (χ2v) is 2.78. The highest BCUT2D eigenvalue weighted by atomic mass is 32.2. The molecule has 0 aliphatic carbocycles. The number of hydrogen-bond acceptors (Lipinski definition) is 3. The second-order valence-electron chi connectivity index (χ2n) is 1.45. The van der Waals surface area contributed by atoms with Gasteiger partial charge < -0.3 is 5.32 Å². The summed E-state index contributed by atoms with van der Waals surface area (Å²) in [5.41, 5.74) is 0. The minimum Gasteiger partial charge on any atom is -0.323 e. The molecule has 3 heteroatoms. The third kappa shape index (κ3) is 1.69. The molecule has 2 nitrogen and oxygen atoms in total. The predicted octanol–water partition coefficient (Wildman–Crippen LogP) is 0.172. The molecule has 0 bridgehead atoms. The van der Waals surface area contributed by atoms with Crippen molar-refractivity contribution in [3.8, 4) is 6.19 Å². The standard InChI is InChI=1S/C4H6N2S/c5-3-6-1-4-2-7-4/h4,6H,1-2H2. The lowest BCUT2D eigenvalue weighted by atomic mass is 10.5. The number of rotatable bonds is 2. The van der Waals surface area contributed by atoms with Gasteiger partial charge >= 0.3 is 0 Å². The second kappa shape index (κ2) is 2.08. The van der Waals surface area contributed by atoms with E-state index in [-0.39, 0.29) is 0 Å². The first kappa shape index (κ1) is 4.79. The number of nitriles is 1. The molecule has 0 aromatic carbocycles. The average Bonchev–Trinajstić information content (AvgIpc) is 2.42. The summed E-state index contributed by atoms with van der Waals surface area (Å²) in [5, 5.41) is 11.3. The topological polar surface area (TPSA) is 35.8 Å². The highest BCUT2D eigenvalue weighted by molar-refractivity contribution is 8.06. The summed E-state index contributed by atoms with van der Waals surface area (Å²) in [6.07, 6.45) is 1.88. The number of thioether (sulfide) groups is 1. The van der Waals surface area contributed by atoms with Gasteiger partial charge in [0.25, 0.3) is 0 Å². The third-order valence-electron chi connectivity index (χ3n) is 0.811. The summed E-state index contributed by atoms with van der Waals surface area (Å²) < 4.78 is 0. The Bertz CT molecular complexity index is 92.4. The molecule has 38 valence electrons. The minimum absolute atomic E-state index is 0.736. The summed E-state index contributed by atoms with van der Waals surface area (Å²) in [7, 11) is 0. The van der Waals surface area contributed by atoms with Crippen LogP contribution >= 0.6 is 11.8 Å². The van der Waals surface area contributed by atoms with Gasteiger partial charge in [-0.3, -0.25) is 0 Å². The van der Waals surface area contributed by atoms with Gasteiger partial charge in [0.05, 0.1) is 0 Å². The molecule has 1 unspecified atom stereocenters. The summed E-state index contributed by atoms with van der Waals surface area (Å²) in [4.78, 5) is 0. The maximum atomic E-state index is 7.97. The monoisotopic (exact) mass is 114 g/mol. The lowest BCUT2D eigenvalue weighted by molar-refractivity contribution is 0.879. The van der Waals surface area contributed by atoms with E-state index in [4.69, 9.17) is 5.26 Å². The van der Waals surface area contributed by atoms with Crippen LogP contribution in [0.1, 0.15) is 0 Å². The molecule has 1 heterocycles. The van der Waals surface area contributed by atoms with Crippen LogP contribution in [0.2, 0.25) is 0 Å². The summed E-state index contributed by atoms with van der Waals surface area (Å²) in [5.74, 6) is 1.23. The molecule has 0 radical (unpaired) electrons. The Morgan fingerprint density at radius 3 is 3.14 bits per heavy atom. The highest BCUT2D eigenvalue weighted by Crippen LogP contribution is 2.28. The van der Waals surface area contributed by atoms with Gasteiger partial charge in [-0.1, -0.05) is 0 Å². The van der Waals surface area contributed by atoms with Crippen molar-refractivity contribution in [2.75, 3.05) is 12.3 Å². The van der Waals surface area contributed by atoms with Crippen molar-refractivity contribution in [2.45, 2.75) is 5.25 Å². The van der Waals surface area contributed by atoms with E-state index < -0.39 is 0 Å². The molecule has 0 aromatic heterocycles. The first-order chi connectivity index (χ1) is 3.43. The maximum absolute atomic E-state index is 7.97. The zero-order chi connectivity index (χ0) is 5.11. The van der Waals surface area contributed by atoms with Gasteiger partial charge in [0, 0.05) is 17.5 Å². The zero-order valence-corrected chi connectivity index (χ0v) is 4.66. The fraction of sp³-hybridized carbons (Fsp3) is 0.750. The molecule has 1 N–H and O–H groups in total. The Hall–Kier alpha value is -0.360. The Labute approximate surface area is 46.9 Å². The molecule has 0 saturated carbocycles. The highest BCUT2D eigenvalue weighted by Gasteiger charge is 2.20. The van der Waals surface area contributed by atoms with Crippen molar-refractivity contribution in [1.29, 1.82) is 5.26 Å². The van der Waals surface area contributed by atoms with Crippen molar-refractivity contribution in [3.05, 3.63) is 0 Å². The summed E-state index contributed by atoms with van der Waals surface area (Å²) >= 11 is 1.89. The van der Waals surface area contributed by atoms with E-state index in [0.29, 0.717) is 0 Å². The molecule has 0 aromatic rings. The van der Waals surface area contributed by atoms with E-state index in [1.807, 2.05) is 18.0 Å². The maximum Gasteiger partial charge on any atom is 0.176 e. The minimum atomic E-state index is 0.736. The quantitative estimate of drug-likeness (QED) is 0.316. The number of nitrogens with zero attached hydrogens (tertiary/aromatic N) is 1. The van der Waals surface area contributed by atoms with Crippen LogP contribution in [0.4, 0.5) is 0 Å². The van der Waals surface area contributed by atoms with E-state index in [1.165, 1.54) is 5.75 Å². The van der Waals surface area contributed by atoms with Gasteiger partial charge in [0.1, 0.15) is 0 Å². The zero-order valence-electron chi connectivity index (χ0n) is 3.85. The van der Waals surface area contributed by atoms with Crippen LogP contribution in [0.3, 0.4) is 0 Å². The van der Waals surface area contributed by atoms with Gasteiger partial charge in [0.15, 0.2) is 6.19 Å². The predicted molar refractivity (Wildman–Crippen MR) is 29.9 cm³/mol. The third-order valence-corrected chi connectivity index (χ3v) is 1.78. The smallest absolute Gasteiger partial charge is 0.176 e. The van der Waals surface area contributed by atoms with E-state index in [9.17, 15) is 0 Å².